The van der Waals surface area contributed by atoms with Gasteiger partial charge < -0.3 is 10.1 Å². The van der Waals surface area contributed by atoms with Crippen molar-refractivity contribution < 1.29 is 4.74 Å². The number of thiocarbonyl (C=S) groups is 1. The molecule has 0 fully saturated rings. The number of benzene rings is 1. The third-order valence-corrected chi connectivity index (χ3v) is 2.41. The minimum Gasteiger partial charge on any atom is -0.449 e. The molecule has 1 heterocycles. The molecule has 0 amide bonds. The average molecular weight is 203 g/mol. The molecule has 1 aromatic carbocycles. The van der Waals surface area contributed by atoms with Crippen molar-refractivity contribution in [2.75, 3.05) is 0 Å². The van der Waals surface area contributed by atoms with Gasteiger partial charge in [0, 0.05) is 11.8 Å². The molecule has 14 heavy (non-hydrogen) atoms. The van der Waals surface area contributed by atoms with Gasteiger partial charge in [-0.3, -0.25) is 0 Å². The van der Waals surface area contributed by atoms with E-state index < -0.39 is 0 Å². The van der Waals surface area contributed by atoms with Crippen molar-refractivity contribution in [2.24, 2.45) is 5.92 Å². The summed E-state index contributed by atoms with van der Waals surface area (Å²) in [6.07, 6.45) is 3.16. The molecule has 1 unspecified atom stereocenters. The van der Waals surface area contributed by atoms with Crippen molar-refractivity contribution in [3.63, 3.8) is 0 Å². The number of ether oxygens (including phenoxy) is 1. The molecular formula is C11H9NOS. The first-order valence-electron chi connectivity index (χ1n) is 4.31. The first-order valence-corrected chi connectivity index (χ1v) is 4.71. The zero-order valence-corrected chi connectivity index (χ0v) is 8.25. The van der Waals surface area contributed by atoms with Crippen LogP contribution in [0.3, 0.4) is 0 Å². The SMILES string of the molecule is N=CC1C=C(c2ccccc2)OC1=S. The molecule has 0 aromatic heterocycles. The van der Waals surface area contributed by atoms with E-state index in [-0.39, 0.29) is 5.92 Å². The van der Waals surface area contributed by atoms with Crippen LogP contribution in [-0.2, 0) is 4.74 Å². The average Bonchev–Trinajstić information content (AvgIpc) is 2.61. The van der Waals surface area contributed by atoms with Crippen molar-refractivity contribution in [3.8, 4) is 0 Å². The van der Waals surface area contributed by atoms with Crippen molar-refractivity contribution in [1.82, 2.24) is 0 Å². The van der Waals surface area contributed by atoms with Gasteiger partial charge in [-0.1, -0.05) is 30.3 Å². The molecule has 3 heteroatoms. The van der Waals surface area contributed by atoms with Crippen LogP contribution in [0.1, 0.15) is 5.56 Å². The van der Waals surface area contributed by atoms with E-state index in [1.807, 2.05) is 36.4 Å². The highest BCUT2D eigenvalue weighted by Crippen LogP contribution is 2.26. The molecule has 1 aromatic rings. The maximum Gasteiger partial charge on any atom is 0.179 e. The van der Waals surface area contributed by atoms with Gasteiger partial charge in [0.1, 0.15) is 5.76 Å². The topological polar surface area (TPSA) is 33.1 Å². The number of hydrogen-bond acceptors (Lipinski definition) is 3. The Labute approximate surface area is 87.7 Å². The van der Waals surface area contributed by atoms with Gasteiger partial charge in [0.25, 0.3) is 0 Å². The summed E-state index contributed by atoms with van der Waals surface area (Å²) >= 11 is 4.99. The van der Waals surface area contributed by atoms with Gasteiger partial charge in [-0.05, 0) is 18.3 Å². The lowest BCUT2D eigenvalue weighted by molar-refractivity contribution is 0.525. The molecular weight excluding hydrogens is 194 g/mol. The van der Waals surface area contributed by atoms with Crippen LogP contribution < -0.4 is 0 Å². The maximum absolute atomic E-state index is 7.15. The fourth-order valence-corrected chi connectivity index (χ4v) is 1.54. The van der Waals surface area contributed by atoms with Crippen molar-refractivity contribution >= 4 is 29.2 Å². The van der Waals surface area contributed by atoms with Gasteiger partial charge in [-0.2, -0.15) is 0 Å². The highest BCUT2D eigenvalue weighted by Gasteiger charge is 2.22. The lowest BCUT2D eigenvalue weighted by atomic mass is 10.1. The van der Waals surface area contributed by atoms with Gasteiger partial charge in [0.05, 0.1) is 5.92 Å². The fraction of sp³-hybridized carbons (Fsp3) is 0.0909. The largest absolute Gasteiger partial charge is 0.449 e. The molecule has 0 saturated heterocycles. The summed E-state index contributed by atoms with van der Waals surface area (Å²) in [6, 6.07) is 9.76. The molecule has 0 aliphatic carbocycles. The second kappa shape index (κ2) is 3.72. The van der Waals surface area contributed by atoms with Crippen LogP contribution in [0.15, 0.2) is 36.4 Å². The predicted octanol–water partition coefficient (Wildman–Crippen LogP) is 2.65. The quantitative estimate of drug-likeness (QED) is 0.592. The van der Waals surface area contributed by atoms with Crippen LogP contribution in [0.4, 0.5) is 0 Å². The third-order valence-electron chi connectivity index (χ3n) is 2.05. The number of nitrogens with one attached hydrogen (secondary N) is 1. The van der Waals surface area contributed by atoms with Gasteiger partial charge in [0.15, 0.2) is 5.05 Å². The smallest absolute Gasteiger partial charge is 0.179 e. The standard InChI is InChI=1S/C11H9NOS/c12-7-9-6-10(13-11(9)14)8-4-2-1-3-5-8/h1-7,9,12H. The van der Waals surface area contributed by atoms with E-state index >= 15 is 0 Å². The molecule has 1 aliphatic rings. The van der Waals surface area contributed by atoms with Crippen LogP contribution in [0, 0.1) is 11.3 Å². The maximum atomic E-state index is 7.15. The normalized spacial score (nSPS) is 20.1. The minimum absolute atomic E-state index is 0.153. The van der Waals surface area contributed by atoms with Gasteiger partial charge in [-0.15, -0.1) is 0 Å². The second-order valence-corrected chi connectivity index (χ2v) is 3.41. The summed E-state index contributed by atoms with van der Waals surface area (Å²) in [4.78, 5) is 0. The van der Waals surface area contributed by atoms with Gasteiger partial charge in [0.2, 0.25) is 0 Å². The summed E-state index contributed by atoms with van der Waals surface area (Å²) in [5.74, 6) is 0.601. The van der Waals surface area contributed by atoms with E-state index in [1.165, 1.54) is 6.21 Å². The molecule has 0 radical (unpaired) electrons. The van der Waals surface area contributed by atoms with E-state index in [2.05, 4.69) is 0 Å². The van der Waals surface area contributed by atoms with Crippen LogP contribution in [-0.4, -0.2) is 11.3 Å². The highest BCUT2D eigenvalue weighted by molar-refractivity contribution is 7.80. The first kappa shape index (κ1) is 9.09. The highest BCUT2D eigenvalue weighted by atomic mass is 32.1. The molecule has 1 atom stereocenters. The molecule has 1 aliphatic heterocycles. The Kier molecular flexibility index (Phi) is 2.41. The Morgan fingerprint density at radius 2 is 2.00 bits per heavy atom. The van der Waals surface area contributed by atoms with Crippen LogP contribution in [0.5, 0.6) is 0 Å². The van der Waals surface area contributed by atoms with Crippen LogP contribution in [0.25, 0.3) is 5.76 Å². The van der Waals surface area contributed by atoms with E-state index in [0.29, 0.717) is 5.05 Å². The minimum atomic E-state index is -0.153. The van der Waals surface area contributed by atoms with Crippen molar-refractivity contribution in [3.05, 3.63) is 42.0 Å². The van der Waals surface area contributed by atoms with E-state index in [1.54, 1.807) is 0 Å². The Balaban J connectivity index is 2.30. The Morgan fingerprint density at radius 1 is 1.29 bits per heavy atom. The van der Waals surface area contributed by atoms with Crippen molar-refractivity contribution in [2.45, 2.75) is 0 Å². The summed E-state index contributed by atoms with van der Waals surface area (Å²) in [5, 5.41) is 7.60. The molecule has 1 N–H and O–H groups in total. The summed E-state index contributed by atoms with van der Waals surface area (Å²) < 4.78 is 5.39. The van der Waals surface area contributed by atoms with Crippen LogP contribution in [0.2, 0.25) is 0 Å². The Bertz CT molecular complexity index is 397. The van der Waals surface area contributed by atoms with E-state index in [4.69, 9.17) is 22.4 Å². The third kappa shape index (κ3) is 1.59. The van der Waals surface area contributed by atoms with Gasteiger partial charge >= 0.3 is 0 Å². The number of hydrogen-bond donors (Lipinski definition) is 1. The van der Waals surface area contributed by atoms with Crippen LogP contribution >= 0.6 is 12.2 Å². The Hall–Kier alpha value is -1.48. The number of rotatable bonds is 2. The van der Waals surface area contributed by atoms with E-state index in [9.17, 15) is 0 Å². The van der Waals surface area contributed by atoms with E-state index in [0.717, 1.165) is 11.3 Å². The summed E-state index contributed by atoms with van der Waals surface area (Å²) in [6.45, 7) is 0. The Morgan fingerprint density at radius 3 is 2.57 bits per heavy atom. The lowest BCUT2D eigenvalue weighted by Gasteiger charge is -2.02. The molecule has 0 saturated carbocycles. The molecule has 2 rings (SSSR count). The molecule has 0 spiro atoms. The summed E-state index contributed by atoms with van der Waals surface area (Å²) in [7, 11) is 0. The zero-order valence-electron chi connectivity index (χ0n) is 7.44. The molecule has 0 bridgehead atoms. The lowest BCUT2D eigenvalue weighted by Crippen LogP contribution is -2.05. The first-order chi connectivity index (χ1) is 6.81. The van der Waals surface area contributed by atoms with Crippen molar-refractivity contribution in [1.29, 1.82) is 5.41 Å². The monoisotopic (exact) mass is 203 g/mol. The van der Waals surface area contributed by atoms with Gasteiger partial charge in [-0.25, -0.2) is 0 Å². The molecule has 2 nitrogen and oxygen atoms in total. The molecule has 70 valence electrons. The second-order valence-electron chi connectivity index (χ2n) is 3.01. The summed E-state index contributed by atoms with van der Waals surface area (Å²) in [5.41, 5.74) is 0.999. The predicted molar refractivity (Wildman–Crippen MR) is 60.4 cm³/mol. The zero-order chi connectivity index (χ0) is 9.97. The fourth-order valence-electron chi connectivity index (χ4n) is 1.32.